The smallest absolute Gasteiger partial charge is 0.462 e. The Morgan fingerprint density at radius 2 is 1.10 bits per heavy atom. The summed E-state index contributed by atoms with van der Waals surface area (Å²) in [6.45, 7) is 3.25. The maximum absolute atomic E-state index is 12.4. The molecule has 52 heavy (non-hydrogen) atoms. The minimum atomic E-state index is -4.78. The standard InChI is InChI=1S/C42H69O9P/c1-3-5-6-7-8-9-10-11-12-13-17-20-23-26-29-32-35-41(44)49-37-40(38-50-52(46,47)48)51-42(45)36-33-30-27-24-21-18-15-14-16-19-22-25-28-31-34-39(43)4-2/h8-9,11-12,15-16,18-19,24-25,27-28,31,34,39-40,43H,3-7,10,13-14,17,20-23,26,29-30,32-33,35-38H2,1-2H3,(H2,46,47,48)/b9-8-,12-11-,18-15-,19-16-,27-24-,28-25-,34-31+/t39-,40-/m1/s1. The Labute approximate surface area is 314 Å². The third-order valence-electron chi connectivity index (χ3n) is 7.81. The van der Waals surface area contributed by atoms with Crippen LogP contribution in [0.1, 0.15) is 142 Å². The topological polar surface area (TPSA) is 140 Å². The van der Waals surface area contributed by atoms with Gasteiger partial charge in [-0.1, -0.05) is 137 Å². The first-order chi connectivity index (χ1) is 25.2. The van der Waals surface area contributed by atoms with Crippen molar-refractivity contribution in [3.8, 4) is 0 Å². The third kappa shape index (κ3) is 38.4. The van der Waals surface area contributed by atoms with Gasteiger partial charge in [0.2, 0.25) is 0 Å². The highest BCUT2D eigenvalue weighted by atomic mass is 31.2. The van der Waals surface area contributed by atoms with Gasteiger partial charge in [-0.3, -0.25) is 14.1 Å². The molecule has 0 amide bonds. The van der Waals surface area contributed by atoms with Crippen molar-refractivity contribution in [1.82, 2.24) is 0 Å². The van der Waals surface area contributed by atoms with Crippen LogP contribution >= 0.6 is 7.82 Å². The quantitative estimate of drug-likeness (QED) is 0.0193. The predicted octanol–water partition coefficient (Wildman–Crippen LogP) is 10.6. The van der Waals surface area contributed by atoms with Crippen molar-refractivity contribution in [1.29, 1.82) is 0 Å². The van der Waals surface area contributed by atoms with Crippen LogP contribution in [0.5, 0.6) is 0 Å². The molecule has 0 aromatic carbocycles. The number of carbonyl (C=O) groups excluding carboxylic acids is 2. The molecule has 9 nitrogen and oxygen atoms in total. The lowest BCUT2D eigenvalue weighted by atomic mass is 10.1. The van der Waals surface area contributed by atoms with Gasteiger partial charge in [0.05, 0.1) is 12.7 Å². The zero-order valence-corrected chi connectivity index (χ0v) is 32.9. The molecule has 0 aliphatic rings. The van der Waals surface area contributed by atoms with Crippen LogP contribution in [0.25, 0.3) is 0 Å². The fourth-order valence-electron chi connectivity index (χ4n) is 4.74. The number of phosphoric ester groups is 1. The molecule has 0 fully saturated rings. The number of hydrogen-bond acceptors (Lipinski definition) is 7. The van der Waals surface area contributed by atoms with Crippen molar-refractivity contribution in [2.45, 2.75) is 154 Å². The highest BCUT2D eigenvalue weighted by Gasteiger charge is 2.22. The molecule has 0 unspecified atom stereocenters. The van der Waals surface area contributed by atoms with Crippen LogP contribution in [0.2, 0.25) is 0 Å². The summed E-state index contributed by atoms with van der Waals surface area (Å²) in [6, 6.07) is 0. The molecule has 3 N–H and O–H groups in total. The van der Waals surface area contributed by atoms with E-state index in [0.29, 0.717) is 25.7 Å². The molecule has 0 bridgehead atoms. The number of ether oxygens (including phenoxy) is 2. The fourth-order valence-corrected chi connectivity index (χ4v) is 5.10. The van der Waals surface area contributed by atoms with Crippen LogP contribution < -0.4 is 0 Å². The van der Waals surface area contributed by atoms with E-state index in [4.69, 9.17) is 19.3 Å². The number of phosphoric acid groups is 1. The summed E-state index contributed by atoms with van der Waals surface area (Å²) in [7, 11) is -4.78. The Morgan fingerprint density at radius 1 is 0.596 bits per heavy atom. The number of esters is 2. The lowest BCUT2D eigenvalue weighted by Crippen LogP contribution is -2.29. The van der Waals surface area contributed by atoms with Crippen molar-refractivity contribution >= 4 is 19.8 Å². The SMILES string of the molecule is CCCCC/C=C\C/C=C\CCCCCCCCC(=O)OC[C@H](COP(=O)(O)O)OC(=O)CCC/C=C\C/C=C\C/C=C\C/C=C\C=C\[C@H](O)CC. The van der Waals surface area contributed by atoms with E-state index in [-0.39, 0.29) is 25.6 Å². The molecule has 0 rings (SSSR count). The maximum Gasteiger partial charge on any atom is 0.469 e. The second kappa shape index (κ2) is 36.5. The van der Waals surface area contributed by atoms with Crippen LogP contribution in [-0.2, 0) is 28.2 Å². The van der Waals surface area contributed by atoms with E-state index in [2.05, 4.69) is 60.1 Å². The lowest BCUT2D eigenvalue weighted by molar-refractivity contribution is -0.161. The molecule has 0 aromatic rings. The van der Waals surface area contributed by atoms with Crippen molar-refractivity contribution < 1.29 is 43.0 Å². The summed E-state index contributed by atoms with van der Waals surface area (Å²) >= 11 is 0. The van der Waals surface area contributed by atoms with Gasteiger partial charge in [-0.15, -0.1) is 0 Å². The van der Waals surface area contributed by atoms with Crippen molar-refractivity contribution in [2.75, 3.05) is 13.2 Å². The number of aliphatic hydroxyl groups is 1. The number of allylic oxidation sites excluding steroid dienone is 13. The van der Waals surface area contributed by atoms with Crippen LogP contribution in [0.3, 0.4) is 0 Å². The average molecular weight is 749 g/mol. The van der Waals surface area contributed by atoms with Crippen LogP contribution in [-0.4, -0.2) is 52.3 Å². The van der Waals surface area contributed by atoms with E-state index in [0.717, 1.165) is 64.2 Å². The monoisotopic (exact) mass is 748 g/mol. The van der Waals surface area contributed by atoms with Gasteiger partial charge in [0.15, 0.2) is 6.10 Å². The highest BCUT2D eigenvalue weighted by molar-refractivity contribution is 7.46. The molecule has 10 heteroatoms. The van der Waals surface area contributed by atoms with Gasteiger partial charge in [-0.05, 0) is 77.0 Å². The first-order valence-corrected chi connectivity index (χ1v) is 21.0. The molecule has 0 saturated carbocycles. The molecular weight excluding hydrogens is 679 g/mol. The molecule has 0 spiro atoms. The first-order valence-electron chi connectivity index (χ1n) is 19.5. The number of carbonyl (C=O) groups is 2. The predicted molar refractivity (Wildman–Crippen MR) is 213 cm³/mol. The molecule has 0 heterocycles. The number of unbranched alkanes of at least 4 members (excludes halogenated alkanes) is 10. The van der Waals surface area contributed by atoms with Gasteiger partial charge in [-0.25, -0.2) is 4.57 Å². The average Bonchev–Trinajstić information content (AvgIpc) is 3.11. The first kappa shape index (κ1) is 49.2. The van der Waals surface area contributed by atoms with Crippen molar-refractivity contribution in [3.05, 3.63) is 85.1 Å². The summed E-state index contributed by atoms with van der Waals surface area (Å²) in [5.74, 6) is -0.993. The summed E-state index contributed by atoms with van der Waals surface area (Å²) in [4.78, 5) is 42.7. The Morgan fingerprint density at radius 3 is 1.67 bits per heavy atom. The van der Waals surface area contributed by atoms with Gasteiger partial charge >= 0.3 is 19.8 Å². The van der Waals surface area contributed by atoms with Crippen LogP contribution in [0, 0.1) is 0 Å². The van der Waals surface area contributed by atoms with Gasteiger partial charge in [0.1, 0.15) is 6.61 Å². The van der Waals surface area contributed by atoms with E-state index < -0.39 is 32.5 Å². The molecule has 0 saturated heterocycles. The molecule has 0 aliphatic heterocycles. The second-order valence-corrected chi connectivity index (χ2v) is 14.0. The Bertz CT molecular complexity index is 1130. The summed E-state index contributed by atoms with van der Waals surface area (Å²) in [6.07, 6.45) is 45.4. The van der Waals surface area contributed by atoms with Crippen LogP contribution in [0.4, 0.5) is 0 Å². The van der Waals surface area contributed by atoms with E-state index in [1.54, 1.807) is 6.08 Å². The largest absolute Gasteiger partial charge is 0.469 e. The number of aliphatic hydroxyl groups excluding tert-OH is 1. The molecule has 296 valence electrons. The lowest BCUT2D eigenvalue weighted by Gasteiger charge is -2.18. The molecule has 2 atom stereocenters. The van der Waals surface area contributed by atoms with Gasteiger partial charge in [0, 0.05) is 12.8 Å². The maximum atomic E-state index is 12.4. The van der Waals surface area contributed by atoms with Crippen molar-refractivity contribution in [3.63, 3.8) is 0 Å². The van der Waals surface area contributed by atoms with E-state index in [1.165, 1.54) is 25.7 Å². The number of rotatable bonds is 34. The van der Waals surface area contributed by atoms with E-state index in [1.807, 2.05) is 37.3 Å². The molecule has 0 radical (unpaired) electrons. The zero-order chi connectivity index (χ0) is 38.4. The summed E-state index contributed by atoms with van der Waals surface area (Å²) in [5.41, 5.74) is 0. The molecule has 0 aromatic heterocycles. The second-order valence-electron chi connectivity index (χ2n) is 12.7. The molecular formula is C42H69O9P. The minimum absolute atomic E-state index is 0.113. The highest BCUT2D eigenvalue weighted by Crippen LogP contribution is 2.36. The van der Waals surface area contributed by atoms with Gasteiger partial charge in [-0.2, -0.15) is 0 Å². The fraction of sp³-hybridized carbons (Fsp3) is 0.619. The Balaban J connectivity index is 4.12. The normalized spacial score (nSPS) is 14.0. The Hall–Kier alpha value is -2.81. The van der Waals surface area contributed by atoms with Crippen LogP contribution in [0.15, 0.2) is 85.1 Å². The Kier molecular flexibility index (Phi) is 34.6. The minimum Gasteiger partial charge on any atom is -0.462 e. The van der Waals surface area contributed by atoms with E-state index >= 15 is 0 Å². The molecule has 0 aliphatic carbocycles. The summed E-state index contributed by atoms with van der Waals surface area (Å²) < 4.78 is 26.3. The zero-order valence-electron chi connectivity index (χ0n) is 32.0. The van der Waals surface area contributed by atoms with Crippen molar-refractivity contribution in [2.24, 2.45) is 0 Å². The number of hydrogen-bond donors (Lipinski definition) is 3. The van der Waals surface area contributed by atoms with Gasteiger partial charge in [0.25, 0.3) is 0 Å². The van der Waals surface area contributed by atoms with E-state index in [9.17, 15) is 19.3 Å². The third-order valence-corrected chi connectivity index (χ3v) is 8.29. The summed E-state index contributed by atoms with van der Waals surface area (Å²) in [5, 5.41) is 9.45. The van der Waals surface area contributed by atoms with Gasteiger partial charge < -0.3 is 24.4 Å².